The molecule has 1 aliphatic rings. The van der Waals surface area contributed by atoms with Crippen LogP contribution in [0.2, 0.25) is 4.34 Å². The van der Waals surface area contributed by atoms with Gasteiger partial charge in [0, 0.05) is 6.54 Å². The summed E-state index contributed by atoms with van der Waals surface area (Å²) in [6.07, 6.45) is 2.23. The van der Waals surface area contributed by atoms with Gasteiger partial charge in [0.15, 0.2) is 0 Å². The minimum atomic E-state index is -4.03. The van der Waals surface area contributed by atoms with Crippen LogP contribution in [0.25, 0.3) is 0 Å². The molecule has 0 bridgehead atoms. The number of hydrogen-bond donors (Lipinski definition) is 1. The molecule has 1 aliphatic carbocycles. The highest BCUT2D eigenvalue weighted by molar-refractivity contribution is 9.10. The van der Waals surface area contributed by atoms with Crippen molar-refractivity contribution >= 4 is 54.8 Å². The zero-order valence-electron chi connectivity index (χ0n) is 14.1. The zero-order valence-corrected chi connectivity index (χ0v) is 18.0. The molecule has 1 heterocycles. The first kappa shape index (κ1) is 20.7. The van der Waals surface area contributed by atoms with E-state index in [-0.39, 0.29) is 21.1 Å². The van der Waals surface area contributed by atoms with Crippen LogP contribution in [0.5, 0.6) is 0 Å². The van der Waals surface area contributed by atoms with Gasteiger partial charge in [-0.05, 0) is 58.1 Å². The molecular weight excluding hydrogens is 479 g/mol. The summed E-state index contributed by atoms with van der Waals surface area (Å²) in [6.45, 7) is -0.164. The minimum Gasteiger partial charge on any atom is -0.368 e. The van der Waals surface area contributed by atoms with E-state index in [1.165, 1.54) is 24.3 Å². The number of thiophene rings is 1. The predicted octanol–water partition coefficient (Wildman–Crippen LogP) is 4.15. The first-order valence-electron chi connectivity index (χ1n) is 8.19. The van der Waals surface area contributed by atoms with Crippen LogP contribution in [0, 0.1) is 11.7 Å². The molecule has 0 aliphatic heterocycles. The van der Waals surface area contributed by atoms with E-state index in [0.29, 0.717) is 16.3 Å². The summed E-state index contributed by atoms with van der Waals surface area (Å²) in [4.78, 5) is 12.1. The van der Waals surface area contributed by atoms with Gasteiger partial charge in [-0.15, -0.1) is 11.3 Å². The molecule has 1 fully saturated rings. The van der Waals surface area contributed by atoms with E-state index in [1.807, 2.05) is 0 Å². The molecule has 0 radical (unpaired) electrons. The molecule has 1 aromatic heterocycles. The second kappa shape index (κ2) is 8.16. The number of sulfonamides is 1. The van der Waals surface area contributed by atoms with Crippen molar-refractivity contribution in [3.8, 4) is 0 Å². The summed E-state index contributed by atoms with van der Waals surface area (Å²) in [5.41, 5.74) is 5.97. The van der Waals surface area contributed by atoms with Gasteiger partial charge in [0.2, 0.25) is 5.91 Å². The Hall–Kier alpha value is -1.000. The zero-order chi connectivity index (χ0) is 19.8. The Labute approximate surface area is 174 Å². The van der Waals surface area contributed by atoms with Crippen LogP contribution in [-0.2, 0) is 21.4 Å². The third-order valence-corrected chi connectivity index (χ3v) is 8.56. The molecule has 1 amide bonds. The molecule has 2 N–H and O–H groups in total. The van der Waals surface area contributed by atoms with Crippen LogP contribution >= 0.6 is 38.9 Å². The Morgan fingerprint density at radius 1 is 1.37 bits per heavy atom. The lowest BCUT2D eigenvalue weighted by atomic mass is 10.1. The van der Waals surface area contributed by atoms with Gasteiger partial charge in [0.25, 0.3) is 10.0 Å². The number of benzene rings is 1. The molecule has 27 heavy (non-hydrogen) atoms. The van der Waals surface area contributed by atoms with Crippen LogP contribution in [-0.4, -0.2) is 24.7 Å². The van der Waals surface area contributed by atoms with Crippen molar-refractivity contribution in [3.63, 3.8) is 0 Å². The first-order chi connectivity index (χ1) is 12.7. The molecule has 1 aromatic carbocycles. The highest BCUT2D eigenvalue weighted by atomic mass is 79.9. The molecule has 10 heteroatoms. The summed E-state index contributed by atoms with van der Waals surface area (Å²) in [7, 11) is -4.03. The van der Waals surface area contributed by atoms with Crippen molar-refractivity contribution in [2.45, 2.75) is 36.1 Å². The fourth-order valence-electron chi connectivity index (χ4n) is 2.78. The average molecular weight is 496 g/mol. The van der Waals surface area contributed by atoms with Crippen LogP contribution in [0.15, 0.2) is 39.0 Å². The predicted molar refractivity (Wildman–Crippen MR) is 106 cm³/mol. The van der Waals surface area contributed by atoms with Gasteiger partial charge in [-0.3, -0.25) is 4.79 Å². The van der Waals surface area contributed by atoms with Gasteiger partial charge < -0.3 is 5.73 Å². The van der Waals surface area contributed by atoms with Crippen LogP contribution < -0.4 is 5.73 Å². The highest BCUT2D eigenvalue weighted by Gasteiger charge is 2.39. The number of nitrogens with zero attached hydrogens (tertiary/aromatic N) is 1. The molecule has 1 saturated carbocycles. The number of carbonyl (C=O) groups excluding carboxylic acids is 1. The molecule has 2 aromatic rings. The van der Waals surface area contributed by atoms with Crippen molar-refractivity contribution < 1.29 is 17.6 Å². The maximum Gasteiger partial charge on any atom is 0.253 e. The fraction of sp³-hybridized carbons (Fsp3) is 0.353. The molecule has 1 atom stereocenters. The lowest BCUT2D eigenvalue weighted by Gasteiger charge is -2.28. The molecule has 3 rings (SSSR count). The van der Waals surface area contributed by atoms with Gasteiger partial charge >= 0.3 is 0 Å². The second-order valence-electron chi connectivity index (χ2n) is 6.45. The fourth-order valence-corrected chi connectivity index (χ4v) is 6.23. The van der Waals surface area contributed by atoms with E-state index in [2.05, 4.69) is 15.9 Å². The van der Waals surface area contributed by atoms with E-state index in [9.17, 15) is 17.6 Å². The lowest BCUT2D eigenvalue weighted by molar-refractivity contribution is -0.122. The molecule has 1 unspecified atom stereocenters. The summed E-state index contributed by atoms with van der Waals surface area (Å²) < 4.78 is 42.0. The highest BCUT2D eigenvalue weighted by Crippen LogP contribution is 2.37. The first-order valence-corrected chi connectivity index (χ1v) is 11.6. The lowest BCUT2D eigenvalue weighted by Crippen LogP contribution is -2.47. The Morgan fingerprint density at radius 3 is 2.59 bits per heavy atom. The second-order valence-corrected chi connectivity index (χ2v) is 11.1. The van der Waals surface area contributed by atoms with E-state index in [4.69, 9.17) is 17.3 Å². The quantitative estimate of drug-likeness (QED) is 0.597. The monoisotopic (exact) mass is 494 g/mol. The molecule has 146 valence electrons. The third kappa shape index (κ3) is 4.89. The standard InChI is InChI=1S/C17H17BrClFN2O3S2/c18-12-4-3-11(7-13(12)20)9-22(14(17(21)23)8-10-1-2-10)27(24,25)16-6-5-15(19)26-16/h3-7,10,14H,1-2,8-9H2,(H2,21,23). The Kier molecular flexibility index (Phi) is 6.27. The SMILES string of the molecule is NC(=O)C(CC1CC1)N(Cc1ccc(Br)c(F)c1)S(=O)(=O)c1ccc(Cl)s1. The summed E-state index contributed by atoms with van der Waals surface area (Å²) in [5.74, 6) is -0.957. The van der Waals surface area contributed by atoms with E-state index < -0.39 is 27.8 Å². The Bertz CT molecular complexity index is 963. The Morgan fingerprint density at radius 2 is 2.07 bits per heavy atom. The summed E-state index contributed by atoms with van der Waals surface area (Å²) in [5, 5.41) is 0. The Balaban J connectivity index is 2.01. The maximum atomic E-state index is 13.9. The molecular formula is C17H17BrClFN2O3S2. The van der Waals surface area contributed by atoms with Crippen LogP contribution in [0.3, 0.4) is 0 Å². The van der Waals surface area contributed by atoms with Gasteiger partial charge in [-0.2, -0.15) is 4.31 Å². The normalized spacial score (nSPS) is 15.9. The number of carbonyl (C=O) groups is 1. The number of hydrogen-bond acceptors (Lipinski definition) is 4. The van der Waals surface area contributed by atoms with E-state index in [0.717, 1.165) is 28.5 Å². The number of halogens is 3. The van der Waals surface area contributed by atoms with E-state index >= 15 is 0 Å². The van der Waals surface area contributed by atoms with Crippen molar-refractivity contribution in [1.82, 2.24) is 4.31 Å². The molecule has 0 saturated heterocycles. The molecule has 0 spiro atoms. The topological polar surface area (TPSA) is 80.5 Å². The number of rotatable bonds is 8. The largest absolute Gasteiger partial charge is 0.368 e. The number of primary amides is 1. The van der Waals surface area contributed by atoms with Crippen LogP contribution in [0.1, 0.15) is 24.8 Å². The van der Waals surface area contributed by atoms with E-state index in [1.54, 1.807) is 6.07 Å². The summed E-state index contributed by atoms with van der Waals surface area (Å²) in [6, 6.07) is 6.21. The number of amides is 1. The van der Waals surface area contributed by atoms with Gasteiger partial charge in [0.1, 0.15) is 16.1 Å². The number of nitrogens with two attached hydrogens (primary N) is 1. The average Bonchev–Trinajstić information content (AvgIpc) is 3.31. The van der Waals surface area contributed by atoms with Crippen LogP contribution in [0.4, 0.5) is 4.39 Å². The van der Waals surface area contributed by atoms with Gasteiger partial charge in [-0.25, -0.2) is 12.8 Å². The minimum absolute atomic E-state index is 0.0205. The molecule has 5 nitrogen and oxygen atoms in total. The third-order valence-electron chi connectivity index (χ3n) is 4.36. The van der Waals surface area contributed by atoms with Crippen molar-refractivity contribution in [3.05, 3.63) is 50.5 Å². The maximum absolute atomic E-state index is 13.9. The van der Waals surface area contributed by atoms with Crippen molar-refractivity contribution in [1.29, 1.82) is 0 Å². The van der Waals surface area contributed by atoms with Crippen molar-refractivity contribution in [2.75, 3.05) is 0 Å². The van der Waals surface area contributed by atoms with Crippen molar-refractivity contribution in [2.24, 2.45) is 11.7 Å². The van der Waals surface area contributed by atoms with Gasteiger partial charge in [-0.1, -0.05) is 30.5 Å². The smallest absolute Gasteiger partial charge is 0.253 e. The van der Waals surface area contributed by atoms with Gasteiger partial charge in [0.05, 0.1) is 8.81 Å². The summed E-state index contributed by atoms with van der Waals surface area (Å²) >= 11 is 9.87.